The summed E-state index contributed by atoms with van der Waals surface area (Å²) in [5, 5.41) is 0. The van der Waals surface area contributed by atoms with E-state index < -0.39 is 19.6 Å². The molecule has 0 aliphatic rings. The molecule has 21 heavy (non-hydrogen) atoms. The Morgan fingerprint density at radius 1 is 1.19 bits per heavy atom. The third-order valence-corrected chi connectivity index (χ3v) is 7.52. The Labute approximate surface area is 132 Å². The van der Waals surface area contributed by atoms with Crippen LogP contribution in [0.25, 0.3) is 11.3 Å². The van der Waals surface area contributed by atoms with Gasteiger partial charge in [0, 0.05) is 0 Å². The summed E-state index contributed by atoms with van der Waals surface area (Å²) in [6, 6.07) is 8.04. The zero-order valence-electron chi connectivity index (χ0n) is 15.4. The van der Waals surface area contributed by atoms with Crippen LogP contribution in [0.1, 0.15) is 22.2 Å². The van der Waals surface area contributed by atoms with E-state index >= 15 is 0 Å². The summed E-state index contributed by atoms with van der Waals surface area (Å²) < 4.78 is 31.3. The van der Waals surface area contributed by atoms with Crippen molar-refractivity contribution in [2.24, 2.45) is 5.92 Å². The Balaban J connectivity index is 2.65. The van der Waals surface area contributed by atoms with Gasteiger partial charge in [0.1, 0.15) is 0 Å². The monoisotopic (exact) mass is 349 g/mol. The normalized spacial score (nSPS) is 14.0. The standard InChI is InChI=1S/C18H24FGeN/c1-13(2)10-15-11-18(14-6-8-16(19)9-7-14)21-12-17(15)20(3,4)5/h6-9,11-13H,10H2,1-5H3/i10D2. The van der Waals surface area contributed by atoms with Gasteiger partial charge in [0.25, 0.3) is 0 Å². The molecule has 0 N–H and O–H groups in total. The number of aromatic nitrogens is 1. The third kappa shape index (κ3) is 4.16. The first-order chi connectivity index (χ1) is 10.5. The average molecular weight is 348 g/mol. The van der Waals surface area contributed by atoms with Gasteiger partial charge in [0.15, 0.2) is 0 Å². The Kier molecular flexibility index (Phi) is 4.05. The van der Waals surface area contributed by atoms with Crippen LogP contribution in [0.5, 0.6) is 0 Å². The van der Waals surface area contributed by atoms with E-state index in [2.05, 4.69) is 22.3 Å². The van der Waals surface area contributed by atoms with Crippen molar-refractivity contribution in [1.29, 1.82) is 0 Å². The number of hydrogen-bond donors (Lipinski definition) is 0. The van der Waals surface area contributed by atoms with Crippen LogP contribution in [0, 0.1) is 11.7 Å². The summed E-state index contributed by atoms with van der Waals surface area (Å²) in [4.78, 5) is 4.54. The van der Waals surface area contributed by atoms with Gasteiger partial charge in [0.05, 0.1) is 0 Å². The van der Waals surface area contributed by atoms with Crippen molar-refractivity contribution in [2.45, 2.75) is 37.5 Å². The Hall–Kier alpha value is -1.16. The van der Waals surface area contributed by atoms with Gasteiger partial charge >= 0.3 is 132 Å². The number of benzene rings is 1. The van der Waals surface area contributed by atoms with Gasteiger partial charge in [0.2, 0.25) is 0 Å². The maximum absolute atomic E-state index is 13.1. The summed E-state index contributed by atoms with van der Waals surface area (Å²) in [6.07, 6.45) is 0.430. The van der Waals surface area contributed by atoms with Crippen molar-refractivity contribution in [2.75, 3.05) is 0 Å². The van der Waals surface area contributed by atoms with Crippen molar-refractivity contribution in [3.63, 3.8) is 0 Å². The summed E-state index contributed by atoms with van der Waals surface area (Å²) >= 11 is -2.26. The van der Waals surface area contributed by atoms with Gasteiger partial charge < -0.3 is 0 Å². The van der Waals surface area contributed by atoms with Crippen LogP contribution in [0.4, 0.5) is 4.39 Å². The van der Waals surface area contributed by atoms with E-state index in [-0.39, 0.29) is 11.7 Å². The number of nitrogens with zero attached hydrogens (tertiary/aromatic N) is 1. The molecule has 2 rings (SSSR count). The molecule has 3 heteroatoms. The minimum atomic E-state index is -2.26. The zero-order valence-corrected chi connectivity index (χ0v) is 15.5. The molecular formula is C18H24FGeN. The fourth-order valence-electron chi connectivity index (χ4n) is 2.26. The second-order valence-electron chi connectivity index (χ2n) is 6.67. The van der Waals surface area contributed by atoms with Crippen LogP contribution >= 0.6 is 0 Å². The molecule has 0 amide bonds. The fourth-order valence-corrected chi connectivity index (χ4v) is 5.21. The topological polar surface area (TPSA) is 12.9 Å². The quantitative estimate of drug-likeness (QED) is 0.735. The van der Waals surface area contributed by atoms with Gasteiger partial charge in [-0.2, -0.15) is 0 Å². The zero-order chi connectivity index (χ0) is 17.4. The van der Waals surface area contributed by atoms with Crippen molar-refractivity contribution < 1.29 is 7.13 Å². The molecule has 0 aliphatic carbocycles. The predicted molar refractivity (Wildman–Crippen MR) is 91.2 cm³/mol. The predicted octanol–water partition coefficient (Wildman–Crippen LogP) is 4.63. The second-order valence-corrected chi connectivity index (χ2v) is 17.2. The average Bonchev–Trinajstić information content (AvgIpc) is 2.46. The Morgan fingerprint density at radius 3 is 2.33 bits per heavy atom. The molecule has 0 fully saturated rings. The number of halogens is 1. The molecule has 0 aliphatic heterocycles. The van der Waals surface area contributed by atoms with E-state index in [0.717, 1.165) is 15.5 Å². The molecule has 112 valence electrons. The van der Waals surface area contributed by atoms with Crippen LogP contribution in [0.2, 0.25) is 17.3 Å². The van der Waals surface area contributed by atoms with Crippen LogP contribution in [-0.2, 0) is 6.37 Å². The molecule has 1 aromatic heterocycles. The van der Waals surface area contributed by atoms with E-state index in [1.54, 1.807) is 12.1 Å². The van der Waals surface area contributed by atoms with Gasteiger partial charge in [-0.05, 0) is 0 Å². The van der Waals surface area contributed by atoms with Crippen molar-refractivity contribution in [3.05, 3.63) is 47.9 Å². The molecule has 0 spiro atoms. The number of hydrogen-bond acceptors (Lipinski definition) is 1. The maximum atomic E-state index is 13.1. The Morgan fingerprint density at radius 2 is 1.81 bits per heavy atom. The van der Waals surface area contributed by atoms with Gasteiger partial charge in [-0.25, -0.2) is 0 Å². The molecule has 0 bridgehead atoms. The van der Waals surface area contributed by atoms with E-state index in [0.29, 0.717) is 5.69 Å². The molecule has 2 aromatic rings. The number of pyridine rings is 1. The van der Waals surface area contributed by atoms with E-state index in [4.69, 9.17) is 2.74 Å². The van der Waals surface area contributed by atoms with Crippen LogP contribution < -0.4 is 4.40 Å². The second kappa shape index (κ2) is 6.31. The van der Waals surface area contributed by atoms with Crippen molar-refractivity contribution >= 4 is 17.7 Å². The number of rotatable bonds is 4. The molecule has 0 saturated heterocycles. The molecule has 0 saturated carbocycles. The van der Waals surface area contributed by atoms with Crippen LogP contribution in [0.15, 0.2) is 36.5 Å². The summed E-state index contributed by atoms with van der Waals surface area (Å²) in [6.45, 7) is 3.80. The Bertz CT molecular complexity index is 691. The van der Waals surface area contributed by atoms with Crippen molar-refractivity contribution in [3.8, 4) is 11.3 Å². The summed E-state index contributed by atoms with van der Waals surface area (Å²) in [7, 11) is 0. The molecular weight excluding hydrogens is 322 g/mol. The first-order valence-electron chi connectivity index (χ1n) is 8.30. The van der Waals surface area contributed by atoms with Crippen LogP contribution in [0.3, 0.4) is 0 Å². The van der Waals surface area contributed by atoms with Crippen LogP contribution in [-0.4, -0.2) is 18.3 Å². The van der Waals surface area contributed by atoms with E-state index in [9.17, 15) is 4.39 Å². The van der Waals surface area contributed by atoms with E-state index in [1.165, 1.54) is 12.1 Å². The molecule has 1 aromatic carbocycles. The van der Waals surface area contributed by atoms with Gasteiger partial charge in [-0.15, -0.1) is 0 Å². The SMILES string of the molecule is [2H]C([2H])(c1cc(-c2ccc(F)cc2)nc[c]1[Ge]([CH3])([CH3])[CH3])C(C)C. The molecule has 1 heterocycles. The van der Waals surface area contributed by atoms with Gasteiger partial charge in [-0.3, -0.25) is 0 Å². The molecule has 0 atom stereocenters. The minimum absolute atomic E-state index is 0.130. The van der Waals surface area contributed by atoms with Crippen molar-refractivity contribution in [1.82, 2.24) is 4.98 Å². The molecule has 0 unspecified atom stereocenters. The van der Waals surface area contributed by atoms with E-state index in [1.807, 2.05) is 26.1 Å². The first kappa shape index (κ1) is 13.5. The van der Waals surface area contributed by atoms with Gasteiger partial charge in [-0.1, -0.05) is 0 Å². The fraction of sp³-hybridized carbons (Fsp3) is 0.389. The summed E-state index contributed by atoms with van der Waals surface area (Å²) in [5.74, 6) is 6.32. The first-order valence-corrected chi connectivity index (χ1v) is 14.6. The third-order valence-electron chi connectivity index (χ3n) is 3.30. The molecule has 0 radical (unpaired) electrons. The molecule has 1 nitrogen and oxygen atoms in total. The summed E-state index contributed by atoms with van der Waals surface area (Å²) in [5.41, 5.74) is 2.24.